The molecule has 106 valence electrons. The second kappa shape index (κ2) is 6.52. The molecule has 2 aromatic rings. The van der Waals surface area contributed by atoms with E-state index >= 15 is 0 Å². The Morgan fingerprint density at radius 2 is 2.05 bits per heavy atom. The van der Waals surface area contributed by atoms with E-state index in [-0.39, 0.29) is 12.5 Å². The van der Waals surface area contributed by atoms with Gasteiger partial charge in [-0.2, -0.15) is 0 Å². The Morgan fingerprint density at radius 3 is 2.70 bits per heavy atom. The first-order valence-corrected chi connectivity index (χ1v) is 7.32. The van der Waals surface area contributed by atoms with Crippen molar-refractivity contribution in [1.29, 1.82) is 0 Å². The number of carbonyl (C=O) groups excluding carboxylic acids is 2. The molecule has 2 rings (SSSR count). The van der Waals surface area contributed by atoms with E-state index in [1.807, 2.05) is 37.3 Å². The van der Waals surface area contributed by atoms with Crippen LogP contribution < -0.4 is 0 Å². The highest BCUT2D eigenvalue weighted by Gasteiger charge is 2.20. The van der Waals surface area contributed by atoms with E-state index in [1.165, 1.54) is 23.3 Å². The van der Waals surface area contributed by atoms with E-state index in [2.05, 4.69) is 4.74 Å². The van der Waals surface area contributed by atoms with Gasteiger partial charge in [0.05, 0.1) is 12.0 Å². The van der Waals surface area contributed by atoms with Crippen LogP contribution in [-0.2, 0) is 9.53 Å². The van der Waals surface area contributed by atoms with Gasteiger partial charge in [-0.15, -0.1) is 11.3 Å². The number of hydrogen-bond donors (Lipinski definition) is 0. The summed E-state index contributed by atoms with van der Waals surface area (Å²) in [6.45, 7) is 2.52. The van der Waals surface area contributed by atoms with Crippen LogP contribution >= 0.6 is 11.3 Å². The Bertz CT molecular complexity index is 587. The zero-order valence-electron chi connectivity index (χ0n) is 11.6. The number of rotatable bonds is 5. The van der Waals surface area contributed by atoms with Crippen LogP contribution in [0.2, 0.25) is 0 Å². The maximum absolute atomic E-state index is 12.5. The molecule has 0 N–H and O–H groups in total. The summed E-state index contributed by atoms with van der Waals surface area (Å²) in [4.78, 5) is 26.1. The number of nitrogens with zero attached hydrogens (tertiary/aromatic N) is 1. The zero-order chi connectivity index (χ0) is 14.5. The van der Waals surface area contributed by atoms with Crippen molar-refractivity contribution in [2.45, 2.75) is 13.3 Å². The van der Waals surface area contributed by atoms with Crippen LogP contribution in [0.25, 0.3) is 10.1 Å². The van der Waals surface area contributed by atoms with Crippen LogP contribution in [0.1, 0.15) is 23.0 Å². The zero-order valence-corrected chi connectivity index (χ0v) is 12.4. The van der Waals surface area contributed by atoms with Crippen LogP contribution in [0.15, 0.2) is 30.3 Å². The fourth-order valence-corrected chi connectivity index (χ4v) is 3.02. The minimum Gasteiger partial charge on any atom is -0.468 e. The van der Waals surface area contributed by atoms with E-state index in [1.54, 1.807) is 0 Å². The molecule has 0 fully saturated rings. The number of ether oxygens (including phenoxy) is 1. The van der Waals surface area contributed by atoms with Crippen molar-refractivity contribution < 1.29 is 14.3 Å². The van der Waals surface area contributed by atoms with Crippen molar-refractivity contribution in [1.82, 2.24) is 4.90 Å². The standard InChI is InChI=1S/C15H17NO3S/c1-3-8-16(10-14(17)19-2)15(18)13-9-11-6-4-5-7-12(11)20-13/h4-7,9H,3,8,10H2,1-2H3. The molecule has 0 aliphatic carbocycles. The SMILES string of the molecule is CCCN(CC(=O)OC)C(=O)c1cc2ccccc2s1. The summed E-state index contributed by atoms with van der Waals surface area (Å²) in [5.41, 5.74) is 0. The summed E-state index contributed by atoms with van der Waals surface area (Å²) in [5, 5.41) is 1.05. The minimum absolute atomic E-state index is 0.00256. The Hall–Kier alpha value is -1.88. The summed E-state index contributed by atoms with van der Waals surface area (Å²) in [6, 6.07) is 9.74. The molecule has 0 saturated heterocycles. The maximum atomic E-state index is 12.5. The molecule has 5 heteroatoms. The predicted molar refractivity (Wildman–Crippen MR) is 80.0 cm³/mol. The van der Waals surface area contributed by atoms with Gasteiger partial charge in [-0.05, 0) is 23.9 Å². The fourth-order valence-electron chi connectivity index (χ4n) is 1.99. The first-order chi connectivity index (χ1) is 9.65. The Balaban J connectivity index is 2.23. The molecule has 0 spiro atoms. The second-order valence-electron chi connectivity index (χ2n) is 4.45. The van der Waals surface area contributed by atoms with Crippen molar-refractivity contribution >= 4 is 33.3 Å². The Labute approximate surface area is 122 Å². The molecule has 0 saturated carbocycles. The van der Waals surface area contributed by atoms with E-state index in [4.69, 9.17) is 0 Å². The van der Waals surface area contributed by atoms with Gasteiger partial charge in [0.25, 0.3) is 5.91 Å². The molecule has 0 atom stereocenters. The number of carbonyl (C=O) groups is 2. The monoisotopic (exact) mass is 291 g/mol. The van der Waals surface area contributed by atoms with Gasteiger partial charge in [-0.1, -0.05) is 25.1 Å². The lowest BCUT2D eigenvalue weighted by Gasteiger charge is -2.19. The Kier molecular flexibility index (Phi) is 4.74. The Morgan fingerprint density at radius 1 is 1.30 bits per heavy atom. The molecule has 0 aliphatic rings. The van der Waals surface area contributed by atoms with Crippen molar-refractivity contribution in [3.05, 3.63) is 35.2 Å². The van der Waals surface area contributed by atoms with Crippen LogP contribution in [-0.4, -0.2) is 37.0 Å². The van der Waals surface area contributed by atoms with E-state index < -0.39 is 5.97 Å². The van der Waals surface area contributed by atoms with E-state index in [9.17, 15) is 9.59 Å². The smallest absolute Gasteiger partial charge is 0.325 e. The molecule has 1 aromatic carbocycles. The van der Waals surface area contributed by atoms with Gasteiger partial charge in [-0.3, -0.25) is 9.59 Å². The van der Waals surface area contributed by atoms with Gasteiger partial charge in [0, 0.05) is 11.2 Å². The first-order valence-electron chi connectivity index (χ1n) is 6.50. The molecule has 1 aromatic heterocycles. The highest BCUT2D eigenvalue weighted by Crippen LogP contribution is 2.26. The van der Waals surface area contributed by atoms with Crippen LogP contribution in [0.4, 0.5) is 0 Å². The number of methoxy groups -OCH3 is 1. The fraction of sp³-hybridized carbons (Fsp3) is 0.333. The molecule has 0 radical (unpaired) electrons. The van der Waals surface area contributed by atoms with Crippen LogP contribution in [0.5, 0.6) is 0 Å². The predicted octanol–water partition coefficient (Wildman–Crippen LogP) is 2.93. The minimum atomic E-state index is -0.395. The number of hydrogen-bond acceptors (Lipinski definition) is 4. The molecule has 0 bridgehead atoms. The molecular formula is C15H17NO3S. The van der Waals surface area contributed by atoms with Crippen molar-refractivity contribution in [3.63, 3.8) is 0 Å². The van der Waals surface area contributed by atoms with Gasteiger partial charge in [-0.25, -0.2) is 0 Å². The highest BCUT2D eigenvalue weighted by atomic mass is 32.1. The number of fused-ring (bicyclic) bond motifs is 1. The van der Waals surface area contributed by atoms with Crippen molar-refractivity contribution in [2.24, 2.45) is 0 Å². The topological polar surface area (TPSA) is 46.6 Å². The third-order valence-corrected chi connectivity index (χ3v) is 4.07. The molecule has 1 amide bonds. The second-order valence-corrected chi connectivity index (χ2v) is 5.54. The molecule has 4 nitrogen and oxygen atoms in total. The van der Waals surface area contributed by atoms with Gasteiger partial charge in [0.2, 0.25) is 0 Å². The lowest BCUT2D eigenvalue weighted by atomic mass is 10.2. The maximum Gasteiger partial charge on any atom is 0.325 e. The third-order valence-electron chi connectivity index (χ3n) is 2.96. The normalized spacial score (nSPS) is 10.5. The van der Waals surface area contributed by atoms with Crippen molar-refractivity contribution in [2.75, 3.05) is 20.2 Å². The summed E-state index contributed by atoms with van der Waals surface area (Å²) < 4.78 is 5.72. The molecule has 20 heavy (non-hydrogen) atoms. The summed E-state index contributed by atoms with van der Waals surface area (Å²) >= 11 is 1.45. The van der Waals surface area contributed by atoms with Gasteiger partial charge in [0.1, 0.15) is 6.54 Å². The van der Waals surface area contributed by atoms with Crippen LogP contribution in [0, 0.1) is 0 Å². The lowest BCUT2D eigenvalue weighted by molar-refractivity contribution is -0.141. The third kappa shape index (κ3) is 3.17. The van der Waals surface area contributed by atoms with Crippen molar-refractivity contribution in [3.8, 4) is 0 Å². The summed E-state index contributed by atoms with van der Waals surface area (Å²) in [7, 11) is 1.33. The summed E-state index contributed by atoms with van der Waals surface area (Å²) in [5.74, 6) is -0.508. The highest BCUT2D eigenvalue weighted by molar-refractivity contribution is 7.20. The molecular weight excluding hydrogens is 274 g/mol. The molecule has 0 unspecified atom stereocenters. The lowest BCUT2D eigenvalue weighted by Crippen LogP contribution is -2.36. The number of esters is 1. The average molecular weight is 291 g/mol. The number of thiophene rings is 1. The first kappa shape index (κ1) is 14.5. The van der Waals surface area contributed by atoms with E-state index in [0.29, 0.717) is 11.4 Å². The average Bonchev–Trinajstić information content (AvgIpc) is 2.89. The number of benzene rings is 1. The van der Waals surface area contributed by atoms with E-state index in [0.717, 1.165) is 16.5 Å². The quantitative estimate of drug-likeness (QED) is 0.796. The van der Waals surface area contributed by atoms with Crippen LogP contribution in [0.3, 0.4) is 0 Å². The summed E-state index contributed by atoms with van der Waals surface area (Å²) in [6.07, 6.45) is 0.799. The van der Waals surface area contributed by atoms with Gasteiger partial charge < -0.3 is 9.64 Å². The molecule has 0 aliphatic heterocycles. The number of amides is 1. The van der Waals surface area contributed by atoms with Gasteiger partial charge in [0.15, 0.2) is 0 Å². The molecule has 1 heterocycles. The largest absolute Gasteiger partial charge is 0.468 e. The van der Waals surface area contributed by atoms with Gasteiger partial charge >= 0.3 is 5.97 Å².